The molecule has 1 aromatic carbocycles. The quantitative estimate of drug-likeness (QED) is 0.859. The lowest BCUT2D eigenvalue weighted by Crippen LogP contribution is -2.26. The highest BCUT2D eigenvalue weighted by Gasteiger charge is 2.13. The van der Waals surface area contributed by atoms with Crippen molar-refractivity contribution in [2.24, 2.45) is 5.92 Å². The van der Waals surface area contributed by atoms with Gasteiger partial charge in [0.25, 0.3) is 0 Å². The molecule has 0 radical (unpaired) electrons. The van der Waals surface area contributed by atoms with Crippen molar-refractivity contribution < 1.29 is 13.2 Å². The van der Waals surface area contributed by atoms with Crippen molar-refractivity contribution in [3.8, 4) is 0 Å². The van der Waals surface area contributed by atoms with Gasteiger partial charge in [0.05, 0.1) is 10.9 Å². The summed E-state index contributed by atoms with van der Waals surface area (Å²) in [5.74, 6) is -2.78. The van der Waals surface area contributed by atoms with E-state index in [2.05, 4.69) is 4.42 Å². The molecule has 0 atom stereocenters. The van der Waals surface area contributed by atoms with Gasteiger partial charge in [-0.05, 0) is 18.4 Å². The fourth-order valence-corrected chi connectivity index (χ4v) is 1.81. The predicted octanol–water partition coefficient (Wildman–Crippen LogP) is 2.28. The Hall–Kier alpha value is -1.98. The fraction of sp³-hybridized carbons (Fsp3) is 0.385. The second kappa shape index (κ2) is 4.95. The summed E-state index contributed by atoms with van der Waals surface area (Å²) in [5.41, 5.74) is -0.902. The van der Waals surface area contributed by atoms with Crippen LogP contribution in [-0.2, 0) is 6.54 Å². The maximum atomic E-state index is 13.3. The van der Waals surface area contributed by atoms with Gasteiger partial charge in [0.2, 0.25) is 0 Å². The molecule has 1 aromatic heterocycles. The number of rotatable bonds is 3. The van der Waals surface area contributed by atoms with Crippen LogP contribution in [0.2, 0.25) is 0 Å². The van der Waals surface area contributed by atoms with Gasteiger partial charge in [-0.2, -0.15) is 0 Å². The first-order valence-electron chi connectivity index (χ1n) is 5.93. The predicted molar refractivity (Wildman–Crippen MR) is 66.1 cm³/mol. The van der Waals surface area contributed by atoms with Gasteiger partial charge in [0, 0.05) is 12.6 Å². The number of benzene rings is 1. The zero-order chi connectivity index (χ0) is 14.2. The molecule has 0 aliphatic heterocycles. The topological polar surface area (TPSA) is 52.2 Å². The first-order chi connectivity index (χ1) is 8.90. The number of nitrogens with zero attached hydrogens (tertiary/aromatic N) is 1. The van der Waals surface area contributed by atoms with Gasteiger partial charge in [-0.15, -0.1) is 0 Å². The lowest BCUT2D eigenvalue weighted by molar-refractivity contribution is 0.398. The molecule has 0 unspecified atom stereocenters. The summed E-state index contributed by atoms with van der Waals surface area (Å²) in [6.45, 7) is 4.21. The van der Waals surface area contributed by atoms with E-state index in [-0.39, 0.29) is 17.4 Å². The van der Waals surface area contributed by atoms with E-state index in [1.54, 1.807) is 0 Å². The fourth-order valence-electron chi connectivity index (χ4n) is 1.81. The van der Waals surface area contributed by atoms with Crippen molar-refractivity contribution in [3.05, 3.63) is 44.7 Å². The number of aromatic nitrogens is 1. The highest BCUT2D eigenvalue weighted by molar-refractivity contribution is 5.77. The molecular formula is C13H13F2NO3. The van der Waals surface area contributed by atoms with Crippen molar-refractivity contribution in [1.29, 1.82) is 0 Å². The molecule has 0 amide bonds. The number of fused-ring (bicyclic) bond motifs is 1. The molecule has 102 valence electrons. The van der Waals surface area contributed by atoms with Crippen molar-refractivity contribution >= 4 is 10.9 Å². The minimum atomic E-state index is -1.14. The molecule has 2 aromatic rings. The average Bonchev–Trinajstić information content (AvgIpc) is 2.31. The lowest BCUT2D eigenvalue weighted by atomic mass is 10.1. The minimum absolute atomic E-state index is 0.0563. The zero-order valence-electron chi connectivity index (χ0n) is 10.6. The van der Waals surface area contributed by atoms with Crippen LogP contribution in [0.15, 0.2) is 26.1 Å². The lowest BCUT2D eigenvalue weighted by Gasteiger charge is -2.10. The van der Waals surface area contributed by atoms with Crippen LogP contribution in [0.25, 0.3) is 10.9 Å². The first kappa shape index (κ1) is 13.5. The minimum Gasteiger partial charge on any atom is -0.372 e. The summed E-state index contributed by atoms with van der Waals surface area (Å²) in [4.78, 5) is 23.1. The third-order valence-electron chi connectivity index (χ3n) is 2.88. The zero-order valence-corrected chi connectivity index (χ0v) is 10.6. The highest BCUT2D eigenvalue weighted by Crippen LogP contribution is 2.15. The molecule has 0 fully saturated rings. The molecule has 0 aliphatic carbocycles. The van der Waals surface area contributed by atoms with Crippen LogP contribution in [0.3, 0.4) is 0 Å². The van der Waals surface area contributed by atoms with E-state index in [0.29, 0.717) is 12.3 Å². The summed E-state index contributed by atoms with van der Waals surface area (Å²) in [5, 5.41) is -0.137. The Morgan fingerprint density at radius 3 is 2.47 bits per heavy atom. The molecule has 4 nitrogen and oxygen atoms in total. The van der Waals surface area contributed by atoms with Gasteiger partial charge in [-0.25, -0.2) is 18.4 Å². The van der Waals surface area contributed by atoms with E-state index >= 15 is 0 Å². The molecule has 0 saturated carbocycles. The Morgan fingerprint density at radius 2 is 1.84 bits per heavy atom. The van der Waals surface area contributed by atoms with Gasteiger partial charge >= 0.3 is 11.4 Å². The SMILES string of the molecule is CC(C)CCn1c(=O)oc(=O)c2cc(F)c(F)cc21. The van der Waals surface area contributed by atoms with Crippen LogP contribution in [0.4, 0.5) is 8.78 Å². The van der Waals surface area contributed by atoms with Crippen LogP contribution >= 0.6 is 0 Å². The van der Waals surface area contributed by atoms with Crippen molar-refractivity contribution in [2.45, 2.75) is 26.8 Å². The summed E-state index contributed by atoms with van der Waals surface area (Å²) >= 11 is 0. The Bertz CT molecular complexity index is 731. The molecule has 2 rings (SSSR count). The number of hydrogen-bond donors (Lipinski definition) is 0. The Labute approximate surface area is 107 Å². The van der Waals surface area contributed by atoms with Crippen molar-refractivity contribution in [2.75, 3.05) is 0 Å². The van der Waals surface area contributed by atoms with E-state index in [0.717, 1.165) is 16.7 Å². The summed E-state index contributed by atoms with van der Waals surface area (Å²) in [7, 11) is 0. The number of aryl methyl sites for hydroxylation is 1. The molecule has 1 heterocycles. The first-order valence-corrected chi connectivity index (χ1v) is 5.93. The largest absolute Gasteiger partial charge is 0.422 e. The van der Waals surface area contributed by atoms with E-state index in [1.807, 2.05) is 13.8 Å². The number of hydrogen-bond acceptors (Lipinski definition) is 3. The van der Waals surface area contributed by atoms with E-state index < -0.39 is 23.0 Å². The second-order valence-corrected chi connectivity index (χ2v) is 4.77. The van der Waals surface area contributed by atoms with Gasteiger partial charge in [0.15, 0.2) is 11.6 Å². The third kappa shape index (κ3) is 2.57. The smallest absolute Gasteiger partial charge is 0.372 e. The molecular weight excluding hydrogens is 256 g/mol. The van der Waals surface area contributed by atoms with Crippen LogP contribution in [0.5, 0.6) is 0 Å². The standard InChI is InChI=1S/C13H13F2NO3/c1-7(2)3-4-16-11-6-10(15)9(14)5-8(11)12(17)19-13(16)18/h5-7H,3-4H2,1-2H3. The molecule has 0 aliphatic rings. The molecule has 0 spiro atoms. The molecule has 19 heavy (non-hydrogen) atoms. The van der Waals surface area contributed by atoms with Crippen molar-refractivity contribution in [3.63, 3.8) is 0 Å². The summed E-state index contributed by atoms with van der Waals surface area (Å²) in [6, 6.07) is 1.60. The Balaban J connectivity index is 2.72. The van der Waals surface area contributed by atoms with E-state index in [9.17, 15) is 18.4 Å². The van der Waals surface area contributed by atoms with Gasteiger partial charge < -0.3 is 4.42 Å². The average molecular weight is 269 g/mol. The molecule has 0 saturated heterocycles. The maximum absolute atomic E-state index is 13.3. The van der Waals surface area contributed by atoms with Gasteiger partial charge in [0.1, 0.15) is 0 Å². The van der Waals surface area contributed by atoms with Gasteiger partial charge in [-0.1, -0.05) is 13.8 Å². The van der Waals surface area contributed by atoms with Crippen LogP contribution in [-0.4, -0.2) is 4.57 Å². The molecule has 0 N–H and O–H groups in total. The Morgan fingerprint density at radius 1 is 1.21 bits per heavy atom. The second-order valence-electron chi connectivity index (χ2n) is 4.77. The van der Waals surface area contributed by atoms with Crippen LogP contribution in [0.1, 0.15) is 20.3 Å². The third-order valence-corrected chi connectivity index (χ3v) is 2.88. The van der Waals surface area contributed by atoms with Crippen LogP contribution in [0, 0.1) is 17.6 Å². The van der Waals surface area contributed by atoms with Crippen LogP contribution < -0.4 is 11.4 Å². The normalized spacial score (nSPS) is 11.4. The maximum Gasteiger partial charge on any atom is 0.422 e. The molecule has 6 heteroatoms. The molecule has 0 bridgehead atoms. The van der Waals surface area contributed by atoms with Gasteiger partial charge in [-0.3, -0.25) is 4.57 Å². The van der Waals surface area contributed by atoms with Crippen molar-refractivity contribution in [1.82, 2.24) is 4.57 Å². The van der Waals surface area contributed by atoms with E-state index in [1.165, 1.54) is 0 Å². The monoisotopic (exact) mass is 269 g/mol. The Kier molecular flexibility index (Phi) is 3.50. The highest BCUT2D eigenvalue weighted by atomic mass is 19.2. The van der Waals surface area contributed by atoms with E-state index in [4.69, 9.17) is 0 Å². The summed E-state index contributed by atoms with van der Waals surface area (Å²) in [6.07, 6.45) is 0.654. The number of halogens is 2. The summed E-state index contributed by atoms with van der Waals surface area (Å²) < 4.78 is 32.1.